The van der Waals surface area contributed by atoms with Crippen LogP contribution in [0.3, 0.4) is 0 Å². The molecule has 0 heterocycles. The Bertz CT molecular complexity index is 459. The number of ether oxygens (including phenoxy) is 1. The zero-order valence-electron chi connectivity index (χ0n) is 10.1. The number of aliphatic carboxylic acids is 1. The van der Waals surface area contributed by atoms with Gasteiger partial charge in [0.25, 0.3) is 0 Å². The van der Waals surface area contributed by atoms with Crippen molar-refractivity contribution in [2.24, 2.45) is 0 Å². The van der Waals surface area contributed by atoms with Crippen LogP contribution in [0.25, 0.3) is 0 Å². The summed E-state index contributed by atoms with van der Waals surface area (Å²) in [6.45, 7) is -0.298. The van der Waals surface area contributed by atoms with Crippen LogP contribution in [-0.4, -0.2) is 23.7 Å². The van der Waals surface area contributed by atoms with Crippen molar-refractivity contribution in [1.82, 2.24) is 5.32 Å². The highest BCUT2D eigenvalue weighted by Crippen LogP contribution is 2.01. The van der Waals surface area contributed by atoms with Gasteiger partial charge in [0.15, 0.2) is 0 Å². The number of alkyl carbamates (subject to hydrolysis) is 1. The fraction of sp³-hybridized carbons (Fsp3) is 0.231. The van der Waals surface area contributed by atoms with E-state index in [9.17, 15) is 14.0 Å². The Morgan fingerprint density at radius 1 is 1.32 bits per heavy atom. The van der Waals surface area contributed by atoms with Crippen molar-refractivity contribution in [3.63, 3.8) is 0 Å². The van der Waals surface area contributed by atoms with Gasteiger partial charge in [-0.25, -0.2) is 9.18 Å². The molecule has 0 spiro atoms. The lowest BCUT2D eigenvalue weighted by molar-refractivity contribution is -0.136. The maximum Gasteiger partial charge on any atom is 0.407 e. The molecule has 102 valence electrons. The number of carbonyl (C=O) groups excluding carboxylic acids is 1. The first-order chi connectivity index (χ1) is 9.08. The minimum Gasteiger partial charge on any atom is -0.481 e. The van der Waals surface area contributed by atoms with Crippen LogP contribution in [0.2, 0.25) is 0 Å². The number of rotatable bonds is 6. The summed E-state index contributed by atoms with van der Waals surface area (Å²) in [5.74, 6) is -1.86. The van der Waals surface area contributed by atoms with E-state index in [1.54, 1.807) is 12.1 Å². The van der Waals surface area contributed by atoms with Crippen LogP contribution >= 0.6 is 0 Å². The van der Waals surface area contributed by atoms with E-state index < -0.39 is 24.3 Å². The molecule has 0 fully saturated rings. The second-order valence-electron chi connectivity index (χ2n) is 3.66. The Morgan fingerprint density at radius 3 is 2.63 bits per heavy atom. The predicted octanol–water partition coefficient (Wildman–Crippen LogP) is 2.24. The van der Waals surface area contributed by atoms with Crippen LogP contribution in [0.15, 0.2) is 42.2 Å². The van der Waals surface area contributed by atoms with E-state index in [0.717, 1.165) is 11.6 Å². The lowest BCUT2D eigenvalue weighted by atomic mass is 10.2. The number of nitrogens with one attached hydrogen (secondary N) is 1. The van der Waals surface area contributed by atoms with Gasteiger partial charge in [-0.05, 0) is 11.6 Å². The minimum atomic E-state index is -1.14. The van der Waals surface area contributed by atoms with Gasteiger partial charge < -0.3 is 15.2 Å². The van der Waals surface area contributed by atoms with Crippen LogP contribution in [0.1, 0.15) is 12.0 Å². The Kier molecular flexibility index (Phi) is 6.08. The molecule has 0 aromatic heterocycles. The molecule has 0 saturated heterocycles. The topological polar surface area (TPSA) is 75.6 Å². The fourth-order valence-corrected chi connectivity index (χ4v) is 1.20. The van der Waals surface area contributed by atoms with Gasteiger partial charge >= 0.3 is 12.1 Å². The molecule has 5 nitrogen and oxygen atoms in total. The largest absolute Gasteiger partial charge is 0.481 e. The summed E-state index contributed by atoms with van der Waals surface area (Å²) in [5, 5.41) is 10.5. The lowest BCUT2D eigenvalue weighted by Crippen LogP contribution is -2.25. The molecule has 0 aliphatic heterocycles. The quantitative estimate of drug-likeness (QED) is 0.828. The lowest BCUT2D eigenvalue weighted by Gasteiger charge is -2.06. The molecule has 0 atom stereocenters. The Balaban J connectivity index is 2.25. The van der Waals surface area contributed by atoms with E-state index in [0.29, 0.717) is 0 Å². The average molecular weight is 267 g/mol. The fourth-order valence-electron chi connectivity index (χ4n) is 1.20. The molecule has 6 heteroatoms. The summed E-state index contributed by atoms with van der Waals surface area (Å²) in [6.07, 6.45) is -0.297. The van der Waals surface area contributed by atoms with Crippen molar-refractivity contribution in [2.75, 3.05) is 6.54 Å². The van der Waals surface area contributed by atoms with Gasteiger partial charge in [-0.1, -0.05) is 30.3 Å². The second-order valence-corrected chi connectivity index (χ2v) is 3.66. The number of amides is 1. The van der Waals surface area contributed by atoms with E-state index in [2.05, 4.69) is 5.32 Å². The Hall–Kier alpha value is -2.37. The highest BCUT2D eigenvalue weighted by Gasteiger charge is 2.04. The van der Waals surface area contributed by atoms with E-state index >= 15 is 0 Å². The predicted molar refractivity (Wildman–Crippen MR) is 66.1 cm³/mol. The molecule has 0 saturated carbocycles. The highest BCUT2D eigenvalue weighted by atomic mass is 19.1. The van der Waals surface area contributed by atoms with E-state index in [-0.39, 0.29) is 13.2 Å². The van der Waals surface area contributed by atoms with Crippen LogP contribution in [0.4, 0.5) is 9.18 Å². The molecule has 0 radical (unpaired) electrons. The van der Waals surface area contributed by atoms with Crippen molar-refractivity contribution in [2.45, 2.75) is 13.0 Å². The normalized spacial score (nSPS) is 10.9. The monoisotopic (exact) mass is 267 g/mol. The van der Waals surface area contributed by atoms with Gasteiger partial charge in [-0.2, -0.15) is 0 Å². The summed E-state index contributed by atoms with van der Waals surface area (Å²) in [6, 6.07) is 9.04. The molecule has 19 heavy (non-hydrogen) atoms. The van der Waals surface area contributed by atoms with Crippen molar-refractivity contribution in [1.29, 1.82) is 0 Å². The molecule has 0 aliphatic carbocycles. The van der Waals surface area contributed by atoms with Gasteiger partial charge in [0.2, 0.25) is 0 Å². The van der Waals surface area contributed by atoms with Crippen molar-refractivity contribution in [3.8, 4) is 0 Å². The summed E-state index contributed by atoms with van der Waals surface area (Å²) in [7, 11) is 0. The van der Waals surface area contributed by atoms with Gasteiger partial charge in [-0.15, -0.1) is 0 Å². The minimum absolute atomic E-state index is 0.0904. The Morgan fingerprint density at radius 2 is 2.00 bits per heavy atom. The number of hydrogen-bond acceptors (Lipinski definition) is 3. The molecule has 0 unspecified atom stereocenters. The zero-order valence-corrected chi connectivity index (χ0v) is 10.1. The van der Waals surface area contributed by atoms with Crippen molar-refractivity contribution < 1.29 is 23.8 Å². The van der Waals surface area contributed by atoms with Crippen LogP contribution in [0, 0.1) is 0 Å². The number of carboxylic acids is 1. The van der Waals surface area contributed by atoms with Crippen LogP contribution in [0.5, 0.6) is 0 Å². The van der Waals surface area contributed by atoms with Crippen molar-refractivity contribution in [3.05, 3.63) is 47.8 Å². The summed E-state index contributed by atoms with van der Waals surface area (Å²) < 4.78 is 17.9. The molecule has 0 aliphatic rings. The first-order valence-corrected chi connectivity index (χ1v) is 5.59. The van der Waals surface area contributed by atoms with E-state index in [1.807, 2.05) is 18.2 Å². The molecule has 1 rings (SSSR count). The van der Waals surface area contributed by atoms with E-state index in [1.165, 1.54) is 0 Å². The zero-order chi connectivity index (χ0) is 14.1. The first-order valence-electron chi connectivity index (χ1n) is 5.59. The Labute approximate surface area is 109 Å². The number of carboxylic acid groups (broad SMARTS) is 1. The van der Waals surface area contributed by atoms with Gasteiger partial charge in [0, 0.05) is 0 Å². The van der Waals surface area contributed by atoms with Crippen LogP contribution in [-0.2, 0) is 16.1 Å². The molecule has 1 amide bonds. The second kappa shape index (κ2) is 7.86. The standard InChI is InChI=1S/C13H14FNO4/c14-11(6-7-12(16)17)8-15-13(18)19-9-10-4-2-1-3-5-10/h1-6H,7-9H2,(H,15,18)(H,16,17). The maximum absolute atomic E-state index is 13.0. The SMILES string of the molecule is O=C(O)CC=C(F)CNC(=O)OCc1ccccc1. The van der Waals surface area contributed by atoms with E-state index in [4.69, 9.17) is 9.84 Å². The smallest absolute Gasteiger partial charge is 0.407 e. The molecule has 1 aromatic rings. The van der Waals surface area contributed by atoms with Gasteiger partial charge in [0.05, 0.1) is 13.0 Å². The molecular weight excluding hydrogens is 253 g/mol. The molecule has 2 N–H and O–H groups in total. The van der Waals surface area contributed by atoms with Gasteiger partial charge in [-0.3, -0.25) is 4.79 Å². The average Bonchev–Trinajstić information content (AvgIpc) is 2.41. The molecule has 0 bridgehead atoms. The third-order valence-corrected chi connectivity index (χ3v) is 2.11. The third-order valence-electron chi connectivity index (χ3n) is 2.11. The van der Waals surface area contributed by atoms with Crippen molar-refractivity contribution >= 4 is 12.1 Å². The molecule has 1 aromatic carbocycles. The number of halogens is 1. The van der Waals surface area contributed by atoms with Gasteiger partial charge in [0.1, 0.15) is 12.4 Å². The number of benzene rings is 1. The summed E-state index contributed by atoms with van der Waals surface area (Å²) in [4.78, 5) is 21.4. The van der Waals surface area contributed by atoms with Crippen LogP contribution < -0.4 is 5.32 Å². The number of carbonyl (C=O) groups is 2. The first kappa shape index (κ1) is 14.7. The number of hydrogen-bond donors (Lipinski definition) is 2. The summed E-state index contributed by atoms with van der Waals surface area (Å²) in [5.41, 5.74) is 0.819. The highest BCUT2D eigenvalue weighted by molar-refractivity contribution is 5.69. The summed E-state index contributed by atoms with van der Waals surface area (Å²) >= 11 is 0. The third kappa shape index (κ3) is 6.82. The molecular formula is C13H14FNO4. The maximum atomic E-state index is 13.0.